The predicted octanol–water partition coefficient (Wildman–Crippen LogP) is 5.84. The Morgan fingerprint density at radius 1 is 1.31 bits per heavy atom. The number of hydrogen-bond acceptors (Lipinski definition) is 2. The van der Waals surface area contributed by atoms with Crippen molar-refractivity contribution < 1.29 is 14.6 Å². The van der Waals surface area contributed by atoms with Crippen LogP contribution in [-0.4, -0.2) is 29.3 Å². The fourth-order valence-electron chi connectivity index (χ4n) is 5.18. The Labute approximate surface area is 170 Å². The third-order valence-corrected chi connectivity index (χ3v) is 7.32. The van der Waals surface area contributed by atoms with Crippen LogP contribution in [0.3, 0.4) is 0 Å². The van der Waals surface area contributed by atoms with Crippen molar-refractivity contribution in [3.05, 3.63) is 33.4 Å². The molecular weight excluding hydrogens is 441 g/mol. The molecule has 0 heterocycles. The molecule has 2 aliphatic carbocycles. The fourth-order valence-corrected chi connectivity index (χ4v) is 5.99. The van der Waals surface area contributed by atoms with Gasteiger partial charge < -0.3 is 9.84 Å². The van der Waals surface area contributed by atoms with Gasteiger partial charge in [-0.3, -0.25) is 4.90 Å². The molecule has 26 heavy (non-hydrogen) atoms. The topological polar surface area (TPSA) is 49.8 Å². The van der Waals surface area contributed by atoms with Gasteiger partial charge in [0.2, 0.25) is 0 Å². The van der Waals surface area contributed by atoms with Crippen molar-refractivity contribution in [2.45, 2.75) is 70.1 Å². The lowest BCUT2D eigenvalue weighted by Gasteiger charge is -2.47. The lowest BCUT2D eigenvalue weighted by Crippen LogP contribution is -2.57. The zero-order valence-corrected chi connectivity index (χ0v) is 17.9. The molecule has 144 valence electrons. The summed E-state index contributed by atoms with van der Waals surface area (Å²) in [5.74, 6) is 1.17. The quantitative estimate of drug-likeness (QED) is 0.295. The number of carboxylic acid groups (broad SMARTS) is 1. The standard InChI is InChI=1S/C21H30INO3/c1-3-4-7-12-21(26-2,17-8-5-6-9-18(17)22)23(20(24)25)19-14-15-10-11-16(19)13-15/h5-6,8-9,15-16,19H,3-4,7,10-14H2,1-2H3,(H,24,25). The molecule has 5 heteroatoms. The van der Waals surface area contributed by atoms with E-state index in [1.807, 2.05) is 24.3 Å². The van der Waals surface area contributed by atoms with Crippen LogP contribution >= 0.6 is 22.6 Å². The Balaban J connectivity index is 2.04. The van der Waals surface area contributed by atoms with E-state index >= 15 is 0 Å². The Morgan fingerprint density at radius 2 is 2.08 bits per heavy atom. The molecule has 4 nitrogen and oxygen atoms in total. The van der Waals surface area contributed by atoms with Crippen LogP contribution in [-0.2, 0) is 10.5 Å². The molecule has 0 aromatic heterocycles. The highest BCUT2D eigenvalue weighted by molar-refractivity contribution is 14.1. The number of unbranched alkanes of at least 4 members (excludes halogenated alkanes) is 2. The average molecular weight is 471 g/mol. The van der Waals surface area contributed by atoms with E-state index in [1.165, 1.54) is 12.8 Å². The van der Waals surface area contributed by atoms with Gasteiger partial charge in [-0.15, -0.1) is 0 Å². The third-order valence-electron chi connectivity index (χ3n) is 6.38. The molecule has 0 spiro atoms. The Hall–Kier alpha value is -0.820. The summed E-state index contributed by atoms with van der Waals surface area (Å²) >= 11 is 2.31. The van der Waals surface area contributed by atoms with Gasteiger partial charge in [-0.05, 0) is 66.2 Å². The minimum Gasteiger partial charge on any atom is -0.465 e. The van der Waals surface area contributed by atoms with Crippen molar-refractivity contribution in [3.63, 3.8) is 0 Å². The Morgan fingerprint density at radius 3 is 2.62 bits per heavy atom. The van der Waals surface area contributed by atoms with Crippen LogP contribution in [0.4, 0.5) is 4.79 Å². The summed E-state index contributed by atoms with van der Waals surface area (Å²) in [5.41, 5.74) is 0.0953. The number of fused-ring (bicyclic) bond motifs is 2. The van der Waals surface area contributed by atoms with Crippen LogP contribution in [0.1, 0.15) is 63.9 Å². The van der Waals surface area contributed by atoms with E-state index < -0.39 is 11.8 Å². The summed E-state index contributed by atoms with van der Waals surface area (Å²) in [4.78, 5) is 14.2. The van der Waals surface area contributed by atoms with Gasteiger partial charge in [-0.25, -0.2) is 4.79 Å². The summed E-state index contributed by atoms with van der Waals surface area (Å²) in [7, 11) is 1.68. The van der Waals surface area contributed by atoms with E-state index in [1.54, 1.807) is 12.0 Å². The smallest absolute Gasteiger partial charge is 0.410 e. The minimum absolute atomic E-state index is 0.0730. The van der Waals surface area contributed by atoms with Crippen LogP contribution in [0.15, 0.2) is 24.3 Å². The number of hydrogen-bond donors (Lipinski definition) is 1. The normalized spacial score (nSPS) is 26.7. The number of nitrogens with zero attached hydrogens (tertiary/aromatic N) is 1. The Bertz CT molecular complexity index is 637. The first-order valence-electron chi connectivity index (χ1n) is 9.86. The number of benzene rings is 1. The van der Waals surface area contributed by atoms with Crippen molar-refractivity contribution in [1.29, 1.82) is 0 Å². The highest BCUT2D eigenvalue weighted by Crippen LogP contribution is 2.50. The summed E-state index contributed by atoms with van der Waals surface area (Å²) in [6, 6.07) is 8.15. The van der Waals surface area contributed by atoms with Crippen molar-refractivity contribution in [1.82, 2.24) is 4.90 Å². The molecule has 3 rings (SSSR count). The molecule has 2 fully saturated rings. The molecule has 2 saturated carbocycles. The molecule has 1 N–H and O–H groups in total. The number of rotatable bonds is 8. The molecule has 0 aliphatic heterocycles. The largest absolute Gasteiger partial charge is 0.465 e. The number of carbonyl (C=O) groups is 1. The summed E-state index contributed by atoms with van der Waals surface area (Å²) in [5, 5.41) is 10.3. The number of halogens is 1. The highest BCUT2D eigenvalue weighted by Gasteiger charge is 2.52. The van der Waals surface area contributed by atoms with Gasteiger partial charge in [0.05, 0.1) is 0 Å². The summed E-state index contributed by atoms with van der Waals surface area (Å²) < 4.78 is 7.20. The Kier molecular flexibility index (Phi) is 6.49. The number of amides is 1. The maximum Gasteiger partial charge on any atom is 0.410 e. The second kappa shape index (κ2) is 8.46. The van der Waals surface area contributed by atoms with Gasteiger partial charge in [-0.1, -0.05) is 44.4 Å². The first-order chi connectivity index (χ1) is 12.5. The van der Waals surface area contributed by atoms with Gasteiger partial charge in [0, 0.05) is 28.7 Å². The van der Waals surface area contributed by atoms with Crippen molar-refractivity contribution >= 4 is 28.7 Å². The molecule has 2 bridgehead atoms. The van der Waals surface area contributed by atoms with E-state index in [0.29, 0.717) is 18.3 Å². The molecule has 0 saturated heterocycles. The third kappa shape index (κ3) is 3.61. The summed E-state index contributed by atoms with van der Waals surface area (Å²) in [6.07, 6.45) is 7.57. The predicted molar refractivity (Wildman–Crippen MR) is 111 cm³/mol. The highest BCUT2D eigenvalue weighted by atomic mass is 127. The first-order valence-corrected chi connectivity index (χ1v) is 10.9. The molecule has 2 aliphatic rings. The van der Waals surface area contributed by atoms with E-state index in [-0.39, 0.29) is 6.04 Å². The maximum absolute atomic E-state index is 12.5. The van der Waals surface area contributed by atoms with Gasteiger partial charge >= 0.3 is 6.09 Å². The second-order valence-corrected chi connectivity index (χ2v) is 8.98. The molecule has 1 amide bonds. The van der Waals surface area contributed by atoms with Gasteiger partial charge in [0.25, 0.3) is 0 Å². The average Bonchev–Trinajstić information content (AvgIpc) is 3.24. The van der Waals surface area contributed by atoms with Crippen LogP contribution < -0.4 is 0 Å². The van der Waals surface area contributed by atoms with Crippen molar-refractivity contribution in [2.24, 2.45) is 11.8 Å². The zero-order valence-electron chi connectivity index (χ0n) is 15.8. The van der Waals surface area contributed by atoms with Crippen molar-refractivity contribution in [3.8, 4) is 0 Å². The lowest BCUT2D eigenvalue weighted by atomic mass is 9.88. The van der Waals surface area contributed by atoms with Crippen LogP contribution in [0, 0.1) is 15.4 Å². The molecule has 4 atom stereocenters. The van der Waals surface area contributed by atoms with Crippen LogP contribution in [0.2, 0.25) is 0 Å². The summed E-state index contributed by atoms with van der Waals surface area (Å²) in [6.45, 7) is 2.17. The van der Waals surface area contributed by atoms with E-state index in [9.17, 15) is 9.90 Å². The first kappa shape index (κ1) is 19.9. The van der Waals surface area contributed by atoms with Gasteiger partial charge in [0.15, 0.2) is 5.72 Å². The van der Waals surface area contributed by atoms with Gasteiger partial charge in [-0.2, -0.15) is 0 Å². The van der Waals surface area contributed by atoms with Crippen LogP contribution in [0.5, 0.6) is 0 Å². The maximum atomic E-state index is 12.5. The van der Waals surface area contributed by atoms with E-state index in [0.717, 1.165) is 41.2 Å². The number of ether oxygens (including phenoxy) is 1. The van der Waals surface area contributed by atoms with Crippen molar-refractivity contribution in [2.75, 3.05) is 7.11 Å². The monoisotopic (exact) mass is 471 g/mol. The van der Waals surface area contributed by atoms with E-state index in [4.69, 9.17) is 4.74 Å². The molecule has 1 aromatic carbocycles. The minimum atomic E-state index is -0.895. The number of methoxy groups -OCH3 is 1. The second-order valence-electron chi connectivity index (χ2n) is 7.82. The zero-order chi connectivity index (χ0) is 18.7. The van der Waals surface area contributed by atoms with E-state index in [2.05, 4.69) is 29.5 Å². The fraction of sp³-hybridized carbons (Fsp3) is 0.667. The molecule has 4 unspecified atom stereocenters. The molecule has 1 aromatic rings. The molecule has 0 radical (unpaired) electrons. The SMILES string of the molecule is CCCCCC(OC)(c1ccccc1I)N(C(=O)O)C1CC2CCC1C2. The lowest BCUT2D eigenvalue weighted by molar-refractivity contribution is -0.156. The molecular formula is C21H30INO3. The van der Waals surface area contributed by atoms with Gasteiger partial charge in [0.1, 0.15) is 0 Å². The van der Waals surface area contributed by atoms with Crippen LogP contribution in [0.25, 0.3) is 0 Å².